The van der Waals surface area contributed by atoms with E-state index in [0.29, 0.717) is 22.9 Å². The van der Waals surface area contributed by atoms with Crippen LogP contribution in [0.15, 0.2) is 42.7 Å². The number of alkyl halides is 3. The smallest absolute Gasteiger partial charge is 0.327 e. The molecule has 1 aromatic carbocycles. The molecule has 2 heterocycles. The number of carbonyl (C=O) groups is 1. The molecule has 130 valence electrons. The van der Waals surface area contributed by atoms with Crippen molar-refractivity contribution < 1.29 is 18.0 Å². The number of hydrogen-bond acceptors (Lipinski definition) is 3. The molecule has 2 aromatic heterocycles. The van der Waals surface area contributed by atoms with E-state index in [1.165, 1.54) is 12.4 Å². The van der Waals surface area contributed by atoms with Crippen molar-refractivity contribution in [3.05, 3.63) is 59.9 Å². The number of nitrogens with zero attached hydrogens (tertiary/aromatic N) is 4. The van der Waals surface area contributed by atoms with E-state index in [9.17, 15) is 18.0 Å². The first-order valence-corrected chi connectivity index (χ1v) is 7.28. The molecule has 0 aliphatic rings. The number of amides is 1. The molecule has 0 aliphatic carbocycles. The van der Waals surface area contributed by atoms with Crippen LogP contribution < -0.4 is 5.32 Å². The van der Waals surface area contributed by atoms with E-state index in [4.69, 9.17) is 0 Å². The second-order valence-corrected chi connectivity index (χ2v) is 5.39. The minimum Gasteiger partial charge on any atom is -0.327 e. The third-order valence-electron chi connectivity index (χ3n) is 3.72. The van der Waals surface area contributed by atoms with Gasteiger partial charge < -0.3 is 9.88 Å². The summed E-state index contributed by atoms with van der Waals surface area (Å²) in [5, 5.41) is 6.21. The lowest BCUT2D eigenvalue weighted by molar-refractivity contribution is -0.141. The van der Waals surface area contributed by atoms with E-state index in [2.05, 4.69) is 15.4 Å². The largest absolute Gasteiger partial charge is 0.435 e. The molecule has 0 fully saturated rings. The molecule has 25 heavy (non-hydrogen) atoms. The van der Waals surface area contributed by atoms with Crippen LogP contribution >= 0.6 is 0 Å². The van der Waals surface area contributed by atoms with Crippen LogP contribution in [0.4, 0.5) is 18.9 Å². The number of rotatable bonds is 3. The minimum atomic E-state index is -4.49. The average molecular weight is 349 g/mol. The number of carbonyl (C=O) groups excluding carboxylic acids is 1. The summed E-state index contributed by atoms with van der Waals surface area (Å²) < 4.78 is 40.6. The minimum absolute atomic E-state index is 0.325. The molecular formula is C16H14F3N5O. The Labute approximate surface area is 140 Å². The predicted octanol–water partition coefficient (Wildman–Crippen LogP) is 3.19. The summed E-state index contributed by atoms with van der Waals surface area (Å²) in [6.45, 7) is 1.78. The molecule has 6 nitrogen and oxygen atoms in total. The Hall–Kier alpha value is -3.10. The van der Waals surface area contributed by atoms with Crippen LogP contribution in [0.2, 0.25) is 0 Å². The zero-order chi connectivity index (χ0) is 18.2. The maximum absolute atomic E-state index is 12.6. The Morgan fingerprint density at radius 2 is 1.84 bits per heavy atom. The van der Waals surface area contributed by atoms with Crippen LogP contribution in [-0.4, -0.2) is 25.2 Å². The molecule has 1 N–H and O–H groups in total. The standard InChI is InChI=1S/C16H14F3N5O/c1-10-20-9-13(23(10)2)15(25)21-11-3-5-12(6-4-11)24-8-7-14(22-24)16(17,18)19/h3-9H,1-2H3,(H,21,25). The number of anilines is 1. The predicted molar refractivity (Wildman–Crippen MR) is 84.5 cm³/mol. The summed E-state index contributed by atoms with van der Waals surface area (Å²) in [5.74, 6) is 0.383. The highest BCUT2D eigenvalue weighted by Gasteiger charge is 2.33. The normalized spacial score (nSPS) is 11.6. The topological polar surface area (TPSA) is 64.7 Å². The van der Waals surface area contributed by atoms with Crippen molar-refractivity contribution in [2.75, 3.05) is 5.32 Å². The Bertz CT molecular complexity index is 909. The summed E-state index contributed by atoms with van der Waals surface area (Å²) in [4.78, 5) is 16.3. The summed E-state index contributed by atoms with van der Waals surface area (Å²) in [5.41, 5.74) is 0.403. The van der Waals surface area contributed by atoms with Crippen molar-refractivity contribution >= 4 is 11.6 Å². The molecule has 0 atom stereocenters. The van der Waals surface area contributed by atoms with Crippen LogP contribution in [0.1, 0.15) is 22.0 Å². The van der Waals surface area contributed by atoms with Crippen LogP contribution in [0.3, 0.4) is 0 Å². The van der Waals surface area contributed by atoms with Gasteiger partial charge in [0.2, 0.25) is 0 Å². The van der Waals surface area contributed by atoms with Gasteiger partial charge in [0.1, 0.15) is 11.5 Å². The number of nitrogens with one attached hydrogen (secondary N) is 1. The van der Waals surface area contributed by atoms with Gasteiger partial charge in [-0.3, -0.25) is 4.79 Å². The van der Waals surface area contributed by atoms with Gasteiger partial charge in [-0.1, -0.05) is 0 Å². The van der Waals surface area contributed by atoms with Crippen molar-refractivity contribution in [3.63, 3.8) is 0 Å². The third-order valence-corrected chi connectivity index (χ3v) is 3.72. The summed E-state index contributed by atoms with van der Waals surface area (Å²) in [6.07, 6.45) is -1.78. The zero-order valence-corrected chi connectivity index (χ0v) is 13.4. The number of benzene rings is 1. The highest BCUT2D eigenvalue weighted by molar-refractivity contribution is 6.03. The fourth-order valence-corrected chi connectivity index (χ4v) is 2.22. The van der Waals surface area contributed by atoms with Crippen molar-refractivity contribution in [1.82, 2.24) is 19.3 Å². The van der Waals surface area contributed by atoms with Gasteiger partial charge in [0, 0.05) is 18.9 Å². The maximum atomic E-state index is 12.6. The number of hydrogen-bond donors (Lipinski definition) is 1. The molecule has 0 saturated carbocycles. The lowest BCUT2D eigenvalue weighted by Crippen LogP contribution is -2.16. The van der Waals surface area contributed by atoms with Gasteiger partial charge in [-0.25, -0.2) is 9.67 Å². The lowest BCUT2D eigenvalue weighted by atomic mass is 10.2. The fraction of sp³-hybridized carbons (Fsp3) is 0.188. The fourth-order valence-electron chi connectivity index (χ4n) is 2.22. The van der Waals surface area contributed by atoms with Gasteiger partial charge in [-0.05, 0) is 37.3 Å². The van der Waals surface area contributed by atoms with Gasteiger partial charge in [-0.15, -0.1) is 0 Å². The second kappa shape index (κ2) is 6.08. The first-order valence-electron chi connectivity index (χ1n) is 7.28. The van der Waals surface area contributed by atoms with Gasteiger partial charge >= 0.3 is 6.18 Å². The maximum Gasteiger partial charge on any atom is 0.435 e. The summed E-state index contributed by atoms with van der Waals surface area (Å²) in [6, 6.07) is 7.21. The Balaban J connectivity index is 1.75. The molecule has 0 radical (unpaired) electrons. The number of aromatic nitrogens is 4. The second-order valence-electron chi connectivity index (χ2n) is 5.39. The molecule has 0 aliphatic heterocycles. The Morgan fingerprint density at radius 1 is 1.16 bits per heavy atom. The van der Waals surface area contributed by atoms with E-state index in [0.717, 1.165) is 10.7 Å². The van der Waals surface area contributed by atoms with E-state index < -0.39 is 11.9 Å². The molecule has 0 bridgehead atoms. The van der Waals surface area contributed by atoms with Crippen molar-refractivity contribution in [2.45, 2.75) is 13.1 Å². The van der Waals surface area contributed by atoms with Crippen molar-refractivity contribution in [1.29, 1.82) is 0 Å². The van der Waals surface area contributed by atoms with Gasteiger partial charge in [0.15, 0.2) is 5.69 Å². The Morgan fingerprint density at radius 3 is 2.36 bits per heavy atom. The third kappa shape index (κ3) is 3.39. The molecule has 3 aromatic rings. The molecular weight excluding hydrogens is 335 g/mol. The SMILES string of the molecule is Cc1ncc(C(=O)Nc2ccc(-n3ccc(C(F)(F)F)n3)cc2)n1C. The average Bonchev–Trinajstić information content (AvgIpc) is 3.16. The molecule has 1 amide bonds. The molecule has 0 spiro atoms. The van der Waals surface area contributed by atoms with E-state index >= 15 is 0 Å². The molecule has 0 unspecified atom stereocenters. The quantitative estimate of drug-likeness (QED) is 0.790. The number of halogens is 3. The van der Waals surface area contributed by atoms with Gasteiger partial charge in [0.25, 0.3) is 5.91 Å². The molecule has 3 rings (SSSR count). The summed E-state index contributed by atoms with van der Waals surface area (Å²) >= 11 is 0. The zero-order valence-electron chi connectivity index (χ0n) is 13.4. The van der Waals surface area contributed by atoms with Gasteiger partial charge in [0.05, 0.1) is 11.9 Å². The number of imidazole rings is 1. The van der Waals surface area contributed by atoms with E-state index in [-0.39, 0.29) is 5.91 Å². The first kappa shape index (κ1) is 16.7. The lowest BCUT2D eigenvalue weighted by Gasteiger charge is -2.08. The molecule has 0 saturated heterocycles. The first-order chi connectivity index (χ1) is 11.8. The van der Waals surface area contributed by atoms with Crippen molar-refractivity contribution in [3.8, 4) is 5.69 Å². The van der Waals surface area contributed by atoms with E-state index in [1.807, 2.05) is 0 Å². The van der Waals surface area contributed by atoms with Crippen LogP contribution in [0.25, 0.3) is 5.69 Å². The van der Waals surface area contributed by atoms with Crippen molar-refractivity contribution in [2.24, 2.45) is 7.05 Å². The molecule has 9 heteroatoms. The summed E-state index contributed by atoms with van der Waals surface area (Å²) in [7, 11) is 1.73. The van der Waals surface area contributed by atoms with Crippen LogP contribution in [-0.2, 0) is 13.2 Å². The van der Waals surface area contributed by atoms with Crippen LogP contribution in [0.5, 0.6) is 0 Å². The highest BCUT2D eigenvalue weighted by Crippen LogP contribution is 2.28. The van der Waals surface area contributed by atoms with E-state index in [1.54, 1.807) is 42.8 Å². The monoisotopic (exact) mass is 349 g/mol. The van der Waals surface area contributed by atoms with Gasteiger partial charge in [-0.2, -0.15) is 18.3 Å². The Kier molecular flexibility index (Phi) is 4.07. The highest BCUT2D eigenvalue weighted by atomic mass is 19.4. The van der Waals surface area contributed by atoms with Crippen LogP contribution in [0, 0.1) is 6.92 Å². The number of aryl methyl sites for hydroxylation is 1.